The summed E-state index contributed by atoms with van der Waals surface area (Å²) in [6, 6.07) is 2.33. The molecule has 0 bridgehead atoms. The standard InChI is InChI=1S/C3NO/c1-2-4-5-3-1. The largest absolute Gasteiger partial charge is 0.351 e. The van der Waals surface area contributed by atoms with Gasteiger partial charge in [0.2, 0.25) is 6.26 Å². The van der Waals surface area contributed by atoms with E-state index in [0.717, 1.165) is 0 Å². The van der Waals surface area contributed by atoms with E-state index in [4.69, 9.17) is 0 Å². The lowest BCUT2D eigenvalue weighted by Crippen LogP contribution is -1.41. The zero-order valence-electron chi connectivity index (χ0n) is 2.36. The predicted molar refractivity (Wildman–Crippen MR) is 13.0 cm³/mol. The maximum Gasteiger partial charge on any atom is 0.214 e. The fourth-order valence-electron chi connectivity index (χ4n) is 0.114. The third-order valence-corrected chi connectivity index (χ3v) is 0.244. The average Bonchev–Trinajstić information content (AvgIpc) is 1.76. The van der Waals surface area contributed by atoms with E-state index in [1.165, 1.54) is 0 Å². The molecule has 3 radical (unpaired) electrons. The fourth-order valence-corrected chi connectivity index (χ4v) is 0.114. The molecule has 0 aliphatic rings. The molecule has 2 nitrogen and oxygen atoms in total. The van der Waals surface area contributed by atoms with Gasteiger partial charge in [-0.1, -0.05) is 5.16 Å². The number of hydrogen-bond acceptors (Lipinski definition) is 2. The van der Waals surface area contributed by atoms with E-state index in [-0.39, 0.29) is 0 Å². The Labute approximate surface area is 29.4 Å². The van der Waals surface area contributed by atoms with Gasteiger partial charge in [0.1, 0.15) is 6.20 Å². The zero-order chi connectivity index (χ0) is 3.54. The fraction of sp³-hybridized carbons (Fsp3) is 0. The Balaban J connectivity index is 3.13. The van der Waals surface area contributed by atoms with Crippen LogP contribution in [0.15, 0.2) is 4.52 Å². The Kier molecular flexibility index (Phi) is 0.433. The quantitative estimate of drug-likeness (QED) is 0.428. The summed E-state index contributed by atoms with van der Waals surface area (Å²) in [6.07, 6.45) is 4.46. The molecule has 0 unspecified atom stereocenters. The highest BCUT2D eigenvalue weighted by Gasteiger charge is 1.66. The number of rotatable bonds is 0. The lowest BCUT2D eigenvalue weighted by molar-refractivity contribution is 0.411. The highest BCUT2D eigenvalue weighted by atomic mass is 16.5. The first kappa shape index (κ1) is 2.45. The van der Waals surface area contributed by atoms with E-state index >= 15 is 0 Å². The minimum Gasteiger partial charge on any atom is -0.351 e. The van der Waals surface area contributed by atoms with E-state index in [2.05, 4.69) is 28.2 Å². The van der Waals surface area contributed by atoms with Gasteiger partial charge in [0, 0.05) is 0 Å². The molecule has 1 rings (SSSR count). The molecule has 0 spiro atoms. The molecule has 0 amide bonds. The third kappa shape index (κ3) is 0.265. The van der Waals surface area contributed by atoms with Crippen molar-refractivity contribution < 1.29 is 4.52 Å². The van der Waals surface area contributed by atoms with Gasteiger partial charge in [0.25, 0.3) is 0 Å². The van der Waals surface area contributed by atoms with Crippen molar-refractivity contribution in [3.63, 3.8) is 0 Å². The Morgan fingerprint density at radius 3 is 2.80 bits per heavy atom. The van der Waals surface area contributed by atoms with Gasteiger partial charge >= 0.3 is 0 Å². The zero-order valence-corrected chi connectivity index (χ0v) is 2.36. The highest BCUT2D eigenvalue weighted by Crippen LogP contribution is 1.66. The van der Waals surface area contributed by atoms with Gasteiger partial charge in [-0.05, 0) is 0 Å². The number of nitrogens with zero attached hydrogens (tertiary/aromatic N) is 1. The van der Waals surface area contributed by atoms with Crippen LogP contribution in [0.4, 0.5) is 0 Å². The van der Waals surface area contributed by atoms with Crippen molar-refractivity contribution in [3.05, 3.63) is 18.5 Å². The molecule has 0 aliphatic carbocycles. The summed E-state index contributed by atoms with van der Waals surface area (Å²) in [5.41, 5.74) is 0. The number of hydrogen-bond donors (Lipinski definition) is 0. The molecule has 0 N–H and O–H groups in total. The van der Waals surface area contributed by atoms with E-state index in [0.29, 0.717) is 0 Å². The van der Waals surface area contributed by atoms with Crippen LogP contribution in [0.2, 0.25) is 0 Å². The van der Waals surface area contributed by atoms with Crippen molar-refractivity contribution in [2.24, 2.45) is 0 Å². The molecule has 5 heavy (non-hydrogen) atoms. The van der Waals surface area contributed by atoms with Crippen LogP contribution >= 0.6 is 0 Å². The molecule has 1 aromatic heterocycles. The molecule has 0 atom stereocenters. The van der Waals surface area contributed by atoms with E-state index in [9.17, 15) is 0 Å². The first-order valence-electron chi connectivity index (χ1n) is 1.11. The Hall–Kier alpha value is -0.790. The van der Waals surface area contributed by atoms with Gasteiger partial charge in [-0.25, -0.2) is 0 Å². The summed E-state index contributed by atoms with van der Waals surface area (Å²) in [5, 5.41) is 3.11. The minimum atomic E-state index is 2.19. The molecule has 0 aromatic carbocycles. The van der Waals surface area contributed by atoms with Crippen LogP contribution in [0.1, 0.15) is 0 Å². The van der Waals surface area contributed by atoms with Crippen LogP contribution in [0, 0.1) is 18.5 Å². The molecule has 0 fully saturated rings. The van der Waals surface area contributed by atoms with Gasteiger partial charge in [0.05, 0.1) is 6.07 Å². The van der Waals surface area contributed by atoms with Gasteiger partial charge in [-0.15, -0.1) is 0 Å². The second-order valence-corrected chi connectivity index (χ2v) is 0.521. The van der Waals surface area contributed by atoms with Crippen LogP contribution in [-0.2, 0) is 0 Å². The molecule has 1 heterocycles. The summed E-state index contributed by atoms with van der Waals surface area (Å²) >= 11 is 0. The SMILES string of the molecule is [c]1[c]no[c]1. The summed E-state index contributed by atoms with van der Waals surface area (Å²) < 4.78 is 4.10. The molecule has 0 saturated carbocycles. The summed E-state index contributed by atoms with van der Waals surface area (Å²) in [5.74, 6) is 0. The van der Waals surface area contributed by atoms with Crippen molar-refractivity contribution in [1.82, 2.24) is 5.16 Å². The highest BCUT2D eigenvalue weighted by molar-refractivity contribution is 4.58. The van der Waals surface area contributed by atoms with Crippen LogP contribution in [0.25, 0.3) is 0 Å². The summed E-state index contributed by atoms with van der Waals surface area (Å²) in [7, 11) is 0. The van der Waals surface area contributed by atoms with E-state index in [1.54, 1.807) is 0 Å². The lowest BCUT2D eigenvalue weighted by atomic mass is 10.8. The maximum atomic E-state index is 4.10. The Bertz CT molecular complexity index is 63.4. The normalized spacial score (nSPS) is 8.00. The number of aromatic nitrogens is 1. The van der Waals surface area contributed by atoms with Crippen molar-refractivity contribution in [1.29, 1.82) is 0 Å². The van der Waals surface area contributed by atoms with Crippen molar-refractivity contribution in [2.75, 3.05) is 0 Å². The first-order valence-corrected chi connectivity index (χ1v) is 1.11. The summed E-state index contributed by atoms with van der Waals surface area (Å²) in [4.78, 5) is 0. The summed E-state index contributed by atoms with van der Waals surface area (Å²) in [6.45, 7) is 0. The topological polar surface area (TPSA) is 26.0 Å². The van der Waals surface area contributed by atoms with Crippen molar-refractivity contribution in [2.45, 2.75) is 0 Å². The van der Waals surface area contributed by atoms with Crippen molar-refractivity contribution >= 4 is 0 Å². The molecular formula is C3NO. The second-order valence-electron chi connectivity index (χ2n) is 0.521. The van der Waals surface area contributed by atoms with Crippen LogP contribution in [0.3, 0.4) is 0 Å². The predicted octanol–water partition coefficient (Wildman–Crippen LogP) is 0.0752. The van der Waals surface area contributed by atoms with Crippen LogP contribution in [-0.4, -0.2) is 5.16 Å². The van der Waals surface area contributed by atoms with E-state index in [1.807, 2.05) is 0 Å². The van der Waals surface area contributed by atoms with Crippen LogP contribution < -0.4 is 0 Å². The Morgan fingerprint density at radius 2 is 2.60 bits per heavy atom. The second kappa shape index (κ2) is 0.885. The molecule has 0 aliphatic heterocycles. The molecule has 1 aromatic rings. The molecule has 2 heteroatoms. The minimum absolute atomic E-state index is 2.19. The Morgan fingerprint density at radius 1 is 1.60 bits per heavy atom. The third-order valence-electron chi connectivity index (χ3n) is 0.244. The monoisotopic (exact) mass is 66.0 g/mol. The van der Waals surface area contributed by atoms with Gasteiger partial charge in [-0.2, -0.15) is 0 Å². The first-order chi connectivity index (χ1) is 2.50. The molecule has 23 valence electrons. The lowest BCUT2D eigenvalue weighted by Gasteiger charge is -1.45. The maximum absolute atomic E-state index is 4.10. The van der Waals surface area contributed by atoms with E-state index < -0.39 is 0 Å². The molecular weight excluding hydrogens is 66.0 g/mol. The van der Waals surface area contributed by atoms with Gasteiger partial charge in [-0.3, -0.25) is 0 Å². The molecule has 0 saturated heterocycles. The van der Waals surface area contributed by atoms with Crippen molar-refractivity contribution in [3.8, 4) is 0 Å². The van der Waals surface area contributed by atoms with Gasteiger partial charge < -0.3 is 4.52 Å². The average molecular weight is 66.0 g/mol. The van der Waals surface area contributed by atoms with Crippen LogP contribution in [0.5, 0.6) is 0 Å². The van der Waals surface area contributed by atoms with Gasteiger partial charge in [0.15, 0.2) is 0 Å². The smallest absolute Gasteiger partial charge is 0.214 e.